The first kappa shape index (κ1) is 24.7. The quantitative estimate of drug-likeness (QED) is 0.548. The Morgan fingerprint density at radius 1 is 1.16 bits per heavy atom. The third-order valence-corrected chi connectivity index (χ3v) is 4.24. The van der Waals surface area contributed by atoms with Gasteiger partial charge in [0, 0.05) is 38.1 Å². The lowest BCUT2D eigenvalue weighted by molar-refractivity contribution is -0.192. The van der Waals surface area contributed by atoms with Gasteiger partial charge in [-0.2, -0.15) is 13.2 Å². The molecule has 172 valence electrons. The minimum Gasteiger partial charge on any atom is -0.475 e. The zero-order valence-corrected chi connectivity index (χ0v) is 17.2. The number of fused-ring (bicyclic) bond motifs is 1. The van der Waals surface area contributed by atoms with Crippen LogP contribution in [0.15, 0.2) is 54.7 Å². The molecule has 0 aliphatic carbocycles. The SMILES string of the molecule is COCCN(C)c1ccc2ccc(C(=O)Nc3cccc(F)c3)cn12.O=C(O)C(F)(F)F. The van der Waals surface area contributed by atoms with E-state index in [1.165, 1.54) is 12.1 Å². The lowest BCUT2D eigenvalue weighted by Crippen LogP contribution is -2.23. The zero-order chi connectivity index (χ0) is 23.9. The van der Waals surface area contributed by atoms with Crippen LogP contribution in [0.2, 0.25) is 0 Å². The summed E-state index contributed by atoms with van der Waals surface area (Å²) < 4.78 is 52.1. The molecule has 0 spiro atoms. The van der Waals surface area contributed by atoms with Gasteiger partial charge in [0.25, 0.3) is 5.91 Å². The zero-order valence-electron chi connectivity index (χ0n) is 17.2. The summed E-state index contributed by atoms with van der Waals surface area (Å²) in [6.07, 6.45) is -3.30. The Kier molecular flexibility index (Phi) is 8.19. The number of pyridine rings is 1. The molecule has 0 aliphatic rings. The first-order valence-electron chi connectivity index (χ1n) is 9.21. The number of anilines is 2. The van der Waals surface area contributed by atoms with Gasteiger partial charge in [0.1, 0.15) is 11.6 Å². The van der Waals surface area contributed by atoms with Crippen molar-refractivity contribution in [2.75, 3.05) is 37.5 Å². The number of carboxylic acid groups (broad SMARTS) is 1. The lowest BCUT2D eigenvalue weighted by atomic mass is 10.2. The number of amides is 1. The van der Waals surface area contributed by atoms with Crippen molar-refractivity contribution >= 4 is 28.9 Å². The van der Waals surface area contributed by atoms with Crippen LogP contribution in [-0.2, 0) is 9.53 Å². The van der Waals surface area contributed by atoms with Crippen molar-refractivity contribution in [2.24, 2.45) is 0 Å². The number of likely N-dealkylation sites (N-methyl/N-ethyl adjacent to an activating group) is 1. The monoisotopic (exact) mass is 455 g/mol. The first-order chi connectivity index (χ1) is 15.0. The van der Waals surface area contributed by atoms with Crippen molar-refractivity contribution in [3.63, 3.8) is 0 Å². The van der Waals surface area contributed by atoms with Gasteiger partial charge in [-0.1, -0.05) is 6.07 Å². The van der Waals surface area contributed by atoms with E-state index >= 15 is 0 Å². The number of aromatic nitrogens is 1. The second-order valence-corrected chi connectivity index (χ2v) is 6.59. The Bertz CT molecular complexity index is 1080. The van der Waals surface area contributed by atoms with E-state index in [-0.39, 0.29) is 11.7 Å². The molecule has 2 aromatic heterocycles. The molecular weight excluding hydrogens is 434 g/mol. The molecule has 2 heterocycles. The van der Waals surface area contributed by atoms with Gasteiger partial charge in [-0.15, -0.1) is 0 Å². The number of hydrogen-bond acceptors (Lipinski definition) is 4. The van der Waals surface area contributed by atoms with Crippen molar-refractivity contribution in [2.45, 2.75) is 6.18 Å². The Hall–Kier alpha value is -3.60. The van der Waals surface area contributed by atoms with Crippen LogP contribution >= 0.6 is 0 Å². The highest BCUT2D eigenvalue weighted by molar-refractivity contribution is 6.04. The number of carbonyl (C=O) groups excluding carboxylic acids is 1. The van der Waals surface area contributed by atoms with Crippen LogP contribution in [0.25, 0.3) is 5.52 Å². The molecular formula is C21H21F4N3O4. The van der Waals surface area contributed by atoms with Crippen LogP contribution in [0.3, 0.4) is 0 Å². The van der Waals surface area contributed by atoms with Crippen LogP contribution in [0.4, 0.5) is 29.1 Å². The summed E-state index contributed by atoms with van der Waals surface area (Å²) >= 11 is 0. The molecule has 2 N–H and O–H groups in total. The van der Waals surface area contributed by atoms with Crippen molar-refractivity contribution in [3.8, 4) is 0 Å². The van der Waals surface area contributed by atoms with E-state index < -0.39 is 12.1 Å². The third kappa shape index (κ3) is 6.71. The Labute approximate surface area is 180 Å². The second-order valence-electron chi connectivity index (χ2n) is 6.59. The fourth-order valence-corrected chi connectivity index (χ4v) is 2.64. The number of methoxy groups -OCH3 is 1. The number of aliphatic carboxylic acids is 1. The lowest BCUT2D eigenvalue weighted by Gasteiger charge is -2.18. The fraction of sp³-hybridized carbons (Fsp3) is 0.238. The maximum atomic E-state index is 13.3. The van der Waals surface area contributed by atoms with Crippen LogP contribution in [0.5, 0.6) is 0 Å². The van der Waals surface area contributed by atoms with Gasteiger partial charge in [-0.3, -0.25) is 4.79 Å². The predicted molar refractivity (Wildman–Crippen MR) is 111 cm³/mol. The molecule has 0 saturated heterocycles. The number of halogens is 4. The van der Waals surface area contributed by atoms with Gasteiger partial charge in [0.2, 0.25) is 0 Å². The smallest absolute Gasteiger partial charge is 0.475 e. The summed E-state index contributed by atoms with van der Waals surface area (Å²) in [5.41, 5.74) is 1.91. The highest BCUT2D eigenvalue weighted by Crippen LogP contribution is 2.20. The minimum atomic E-state index is -5.08. The van der Waals surface area contributed by atoms with Gasteiger partial charge in [-0.05, 0) is 42.5 Å². The van der Waals surface area contributed by atoms with Crippen molar-refractivity contribution in [1.82, 2.24) is 4.40 Å². The molecule has 7 nitrogen and oxygen atoms in total. The van der Waals surface area contributed by atoms with E-state index in [1.54, 1.807) is 31.5 Å². The van der Waals surface area contributed by atoms with Gasteiger partial charge >= 0.3 is 12.1 Å². The maximum Gasteiger partial charge on any atom is 0.490 e. The van der Waals surface area contributed by atoms with Crippen LogP contribution in [-0.4, -0.2) is 54.9 Å². The average Bonchev–Trinajstić information content (AvgIpc) is 3.15. The number of carboxylic acids is 1. The van der Waals surface area contributed by atoms with Gasteiger partial charge in [-0.25, -0.2) is 9.18 Å². The van der Waals surface area contributed by atoms with Gasteiger partial charge < -0.3 is 24.5 Å². The van der Waals surface area contributed by atoms with E-state index in [9.17, 15) is 22.4 Å². The molecule has 0 fully saturated rings. The third-order valence-electron chi connectivity index (χ3n) is 4.24. The molecule has 0 atom stereocenters. The number of nitrogens with one attached hydrogen (secondary N) is 1. The summed E-state index contributed by atoms with van der Waals surface area (Å²) in [4.78, 5) is 23.4. The molecule has 0 unspecified atom stereocenters. The number of benzene rings is 1. The predicted octanol–water partition coefficient (Wildman–Crippen LogP) is 4.05. The number of hydrogen-bond donors (Lipinski definition) is 2. The topological polar surface area (TPSA) is 83.3 Å². The normalized spacial score (nSPS) is 10.9. The molecule has 1 aromatic carbocycles. The van der Waals surface area contributed by atoms with E-state index in [4.69, 9.17) is 14.6 Å². The Morgan fingerprint density at radius 2 is 1.81 bits per heavy atom. The number of rotatable bonds is 6. The number of alkyl halides is 3. The molecule has 1 amide bonds. The number of nitrogens with zero attached hydrogens (tertiary/aromatic N) is 2. The van der Waals surface area contributed by atoms with E-state index in [0.717, 1.165) is 17.9 Å². The van der Waals surface area contributed by atoms with Gasteiger partial charge in [0.15, 0.2) is 0 Å². The summed E-state index contributed by atoms with van der Waals surface area (Å²) in [6.45, 7) is 1.35. The molecule has 11 heteroatoms. The summed E-state index contributed by atoms with van der Waals surface area (Å²) in [7, 11) is 3.64. The Balaban J connectivity index is 0.000000451. The molecule has 3 rings (SSSR count). The molecule has 32 heavy (non-hydrogen) atoms. The molecule has 0 bridgehead atoms. The van der Waals surface area contributed by atoms with Crippen LogP contribution in [0, 0.1) is 5.82 Å². The average molecular weight is 455 g/mol. The molecule has 3 aromatic rings. The number of carbonyl (C=O) groups is 2. The van der Waals surface area contributed by atoms with E-state index in [1.807, 2.05) is 29.6 Å². The maximum absolute atomic E-state index is 13.3. The van der Waals surface area contributed by atoms with Crippen molar-refractivity contribution in [3.05, 3.63) is 66.1 Å². The fourth-order valence-electron chi connectivity index (χ4n) is 2.64. The van der Waals surface area contributed by atoms with E-state index in [2.05, 4.69) is 10.2 Å². The van der Waals surface area contributed by atoms with Crippen molar-refractivity contribution in [1.29, 1.82) is 0 Å². The summed E-state index contributed by atoms with van der Waals surface area (Å²) in [5, 5.41) is 9.84. The summed E-state index contributed by atoms with van der Waals surface area (Å²) in [5.74, 6) is -2.47. The standard InChI is InChI=1S/C19H20FN3O2.C2HF3O2/c1-22(10-11-25-2)18-9-8-17-7-6-14(13-23(17)18)19(24)21-16-5-3-4-15(20)12-16;3-2(4,5)1(6)7/h3-9,12-13H,10-11H2,1-2H3,(H,21,24);(H,6,7). The molecule has 0 radical (unpaired) electrons. The first-order valence-corrected chi connectivity index (χ1v) is 9.21. The molecule has 0 aliphatic heterocycles. The van der Waals surface area contributed by atoms with Crippen molar-refractivity contribution < 1.29 is 37.0 Å². The highest BCUT2D eigenvalue weighted by Gasteiger charge is 2.38. The number of ether oxygens (including phenoxy) is 1. The Morgan fingerprint density at radius 3 is 2.41 bits per heavy atom. The van der Waals surface area contributed by atoms with Gasteiger partial charge in [0.05, 0.1) is 12.2 Å². The van der Waals surface area contributed by atoms with Crippen LogP contribution in [0.1, 0.15) is 10.4 Å². The minimum absolute atomic E-state index is 0.285. The second kappa shape index (κ2) is 10.6. The van der Waals surface area contributed by atoms with E-state index in [0.29, 0.717) is 17.9 Å². The summed E-state index contributed by atoms with van der Waals surface area (Å²) in [6, 6.07) is 13.5. The van der Waals surface area contributed by atoms with Crippen LogP contribution < -0.4 is 10.2 Å². The molecule has 0 saturated carbocycles. The largest absolute Gasteiger partial charge is 0.490 e. The highest BCUT2D eigenvalue weighted by atomic mass is 19.4.